The van der Waals surface area contributed by atoms with Crippen molar-refractivity contribution in [1.82, 2.24) is 0 Å². The summed E-state index contributed by atoms with van der Waals surface area (Å²) in [5, 5.41) is 1.93. The first-order valence-corrected chi connectivity index (χ1v) is 9.40. The Bertz CT molecular complexity index is 1080. The van der Waals surface area contributed by atoms with Crippen molar-refractivity contribution in [2.24, 2.45) is 0 Å². The molecule has 0 bridgehead atoms. The molecule has 0 aliphatic carbocycles. The van der Waals surface area contributed by atoms with Gasteiger partial charge < -0.3 is 14.2 Å². The summed E-state index contributed by atoms with van der Waals surface area (Å²) in [7, 11) is 0. The molecule has 0 fully saturated rings. The van der Waals surface area contributed by atoms with Gasteiger partial charge in [0.2, 0.25) is 0 Å². The van der Waals surface area contributed by atoms with Gasteiger partial charge in [-0.05, 0) is 47.9 Å². The summed E-state index contributed by atoms with van der Waals surface area (Å²) >= 11 is 0. The van der Waals surface area contributed by atoms with Crippen molar-refractivity contribution < 1.29 is 19.0 Å². The molecule has 4 rings (SSSR count). The molecular formula is C25H20O4. The molecule has 29 heavy (non-hydrogen) atoms. The smallest absolute Gasteiger partial charge is 0.343 e. The number of hydrogen-bond acceptors (Lipinski definition) is 4. The molecule has 0 heterocycles. The van der Waals surface area contributed by atoms with E-state index < -0.39 is 5.97 Å². The first-order valence-electron chi connectivity index (χ1n) is 9.40. The molecule has 4 nitrogen and oxygen atoms in total. The molecule has 0 atom stereocenters. The average molecular weight is 384 g/mol. The molecule has 0 aromatic heterocycles. The second-order valence-electron chi connectivity index (χ2n) is 6.40. The van der Waals surface area contributed by atoms with Crippen molar-refractivity contribution in [2.75, 3.05) is 13.2 Å². The number of para-hydroxylation sites is 1. The minimum atomic E-state index is -0.402. The highest BCUT2D eigenvalue weighted by molar-refractivity contribution is 5.95. The third kappa shape index (κ3) is 4.74. The van der Waals surface area contributed by atoms with Crippen LogP contribution in [0.2, 0.25) is 0 Å². The SMILES string of the molecule is O=C(Oc1cccc2ccccc12)c1ccc(OCCOc2ccccc2)cc1. The van der Waals surface area contributed by atoms with E-state index in [1.54, 1.807) is 30.3 Å². The molecule has 0 radical (unpaired) electrons. The Morgan fingerprint density at radius 1 is 0.621 bits per heavy atom. The van der Waals surface area contributed by atoms with E-state index in [9.17, 15) is 4.79 Å². The Hall–Kier alpha value is -3.79. The number of benzene rings is 4. The molecule has 0 aliphatic rings. The van der Waals surface area contributed by atoms with Crippen LogP contribution in [0, 0.1) is 0 Å². The fraction of sp³-hybridized carbons (Fsp3) is 0.0800. The molecule has 0 spiro atoms. The first-order chi connectivity index (χ1) is 14.3. The van der Waals surface area contributed by atoms with E-state index in [2.05, 4.69) is 0 Å². The summed E-state index contributed by atoms with van der Waals surface area (Å²) in [6.45, 7) is 0.851. The summed E-state index contributed by atoms with van der Waals surface area (Å²) in [5.74, 6) is 1.62. The average Bonchev–Trinajstić information content (AvgIpc) is 2.78. The zero-order valence-electron chi connectivity index (χ0n) is 15.8. The maximum absolute atomic E-state index is 12.5. The molecule has 4 aromatic rings. The lowest BCUT2D eigenvalue weighted by molar-refractivity contribution is 0.0737. The zero-order chi connectivity index (χ0) is 19.9. The molecule has 4 heteroatoms. The maximum atomic E-state index is 12.5. The monoisotopic (exact) mass is 384 g/mol. The topological polar surface area (TPSA) is 44.8 Å². The van der Waals surface area contributed by atoms with E-state index in [4.69, 9.17) is 14.2 Å². The van der Waals surface area contributed by atoms with Gasteiger partial charge in [-0.15, -0.1) is 0 Å². The van der Waals surface area contributed by atoms with E-state index in [0.29, 0.717) is 30.3 Å². The van der Waals surface area contributed by atoms with Crippen LogP contribution in [0.25, 0.3) is 10.8 Å². The van der Waals surface area contributed by atoms with E-state index in [1.807, 2.05) is 66.7 Å². The van der Waals surface area contributed by atoms with Crippen molar-refractivity contribution in [1.29, 1.82) is 0 Å². The van der Waals surface area contributed by atoms with Gasteiger partial charge in [-0.1, -0.05) is 54.6 Å². The minimum Gasteiger partial charge on any atom is -0.490 e. The Morgan fingerprint density at radius 3 is 2.00 bits per heavy atom. The molecule has 0 unspecified atom stereocenters. The highest BCUT2D eigenvalue weighted by Gasteiger charge is 2.11. The van der Waals surface area contributed by atoms with Gasteiger partial charge in [-0.3, -0.25) is 0 Å². The van der Waals surface area contributed by atoms with Crippen molar-refractivity contribution in [3.63, 3.8) is 0 Å². The fourth-order valence-corrected chi connectivity index (χ4v) is 2.97. The van der Waals surface area contributed by atoms with Crippen LogP contribution in [-0.4, -0.2) is 19.2 Å². The summed E-state index contributed by atoms with van der Waals surface area (Å²) in [4.78, 5) is 12.5. The molecule has 0 saturated heterocycles. The van der Waals surface area contributed by atoms with Crippen LogP contribution < -0.4 is 14.2 Å². The quantitative estimate of drug-likeness (QED) is 0.239. The van der Waals surface area contributed by atoms with Crippen molar-refractivity contribution in [3.05, 3.63) is 103 Å². The van der Waals surface area contributed by atoms with Crippen molar-refractivity contribution in [3.8, 4) is 17.2 Å². The Kier molecular flexibility index (Phi) is 5.72. The zero-order valence-corrected chi connectivity index (χ0v) is 15.8. The number of carbonyl (C=O) groups excluding carboxylic acids is 1. The highest BCUT2D eigenvalue weighted by Crippen LogP contribution is 2.26. The highest BCUT2D eigenvalue weighted by atomic mass is 16.5. The first kappa shape index (κ1) is 18.6. The number of esters is 1. The standard InChI is InChI=1S/C25H20O4/c26-25(29-24-12-6-8-19-7-4-5-11-23(19)24)20-13-15-22(16-14-20)28-18-17-27-21-9-2-1-3-10-21/h1-16H,17-18H2. The van der Waals surface area contributed by atoms with Gasteiger partial charge >= 0.3 is 5.97 Å². The fourth-order valence-electron chi connectivity index (χ4n) is 2.97. The summed E-state index contributed by atoms with van der Waals surface area (Å²) in [5.41, 5.74) is 0.464. The molecule has 0 aliphatic heterocycles. The summed E-state index contributed by atoms with van der Waals surface area (Å²) < 4.78 is 16.9. The second kappa shape index (κ2) is 8.93. The van der Waals surface area contributed by atoms with Crippen LogP contribution >= 0.6 is 0 Å². The summed E-state index contributed by atoms with van der Waals surface area (Å²) in [6, 6.07) is 29.9. The van der Waals surface area contributed by atoms with Crippen LogP contribution in [-0.2, 0) is 0 Å². The molecule has 0 saturated carbocycles. The van der Waals surface area contributed by atoms with Crippen LogP contribution in [0.4, 0.5) is 0 Å². The van der Waals surface area contributed by atoms with E-state index in [-0.39, 0.29) is 0 Å². The third-order valence-corrected chi connectivity index (χ3v) is 4.41. The van der Waals surface area contributed by atoms with Crippen LogP contribution in [0.5, 0.6) is 17.2 Å². The lowest BCUT2D eigenvalue weighted by atomic mass is 10.1. The van der Waals surface area contributed by atoms with Crippen LogP contribution in [0.15, 0.2) is 97.1 Å². The van der Waals surface area contributed by atoms with Gasteiger partial charge in [0.25, 0.3) is 0 Å². The van der Waals surface area contributed by atoms with Crippen LogP contribution in [0.3, 0.4) is 0 Å². The van der Waals surface area contributed by atoms with Gasteiger partial charge in [0, 0.05) is 5.39 Å². The lowest BCUT2D eigenvalue weighted by Crippen LogP contribution is -2.10. The maximum Gasteiger partial charge on any atom is 0.343 e. The van der Waals surface area contributed by atoms with Gasteiger partial charge in [-0.25, -0.2) is 4.79 Å². The molecule has 4 aromatic carbocycles. The van der Waals surface area contributed by atoms with Gasteiger partial charge in [-0.2, -0.15) is 0 Å². The van der Waals surface area contributed by atoms with Gasteiger partial charge in [0.15, 0.2) is 0 Å². The normalized spacial score (nSPS) is 10.5. The molecule has 0 N–H and O–H groups in total. The number of hydrogen-bond donors (Lipinski definition) is 0. The molecule has 0 amide bonds. The van der Waals surface area contributed by atoms with E-state index >= 15 is 0 Å². The number of ether oxygens (including phenoxy) is 3. The van der Waals surface area contributed by atoms with Crippen molar-refractivity contribution >= 4 is 16.7 Å². The Morgan fingerprint density at radius 2 is 1.24 bits per heavy atom. The predicted molar refractivity (Wildman–Crippen MR) is 113 cm³/mol. The van der Waals surface area contributed by atoms with Crippen molar-refractivity contribution in [2.45, 2.75) is 0 Å². The second-order valence-corrected chi connectivity index (χ2v) is 6.40. The Balaban J connectivity index is 1.33. The Labute approximate surface area is 169 Å². The summed E-state index contributed by atoms with van der Waals surface area (Å²) in [6.07, 6.45) is 0. The number of rotatable bonds is 7. The molecular weight excluding hydrogens is 364 g/mol. The number of fused-ring (bicyclic) bond motifs is 1. The van der Waals surface area contributed by atoms with Gasteiger partial charge in [0.1, 0.15) is 30.5 Å². The van der Waals surface area contributed by atoms with Gasteiger partial charge in [0.05, 0.1) is 5.56 Å². The predicted octanol–water partition coefficient (Wildman–Crippen LogP) is 5.52. The van der Waals surface area contributed by atoms with E-state index in [0.717, 1.165) is 16.5 Å². The third-order valence-electron chi connectivity index (χ3n) is 4.41. The number of carbonyl (C=O) groups is 1. The lowest BCUT2D eigenvalue weighted by Gasteiger charge is -2.10. The minimum absolute atomic E-state index is 0.402. The van der Waals surface area contributed by atoms with Crippen LogP contribution in [0.1, 0.15) is 10.4 Å². The van der Waals surface area contributed by atoms with E-state index in [1.165, 1.54) is 0 Å². The largest absolute Gasteiger partial charge is 0.490 e. The molecule has 144 valence electrons.